The van der Waals surface area contributed by atoms with Gasteiger partial charge in [-0.25, -0.2) is 12.7 Å². The average molecular weight is 272 g/mol. The summed E-state index contributed by atoms with van der Waals surface area (Å²) in [7, 11) is -1.69. The highest BCUT2D eigenvalue weighted by Gasteiger charge is 2.16. The van der Waals surface area contributed by atoms with Gasteiger partial charge in [0.2, 0.25) is 10.0 Å². The van der Waals surface area contributed by atoms with Crippen molar-refractivity contribution < 1.29 is 8.42 Å². The Bertz CT molecular complexity index is 512. The van der Waals surface area contributed by atoms with Gasteiger partial charge in [0.05, 0.1) is 5.75 Å². The van der Waals surface area contributed by atoms with E-state index in [9.17, 15) is 8.42 Å². The normalized spacial score (nSPS) is 11.7. The molecular formula is C11H16N2O2S2. The van der Waals surface area contributed by atoms with Crippen molar-refractivity contribution in [3.05, 3.63) is 35.4 Å². The van der Waals surface area contributed by atoms with E-state index < -0.39 is 10.0 Å². The van der Waals surface area contributed by atoms with E-state index in [1.807, 2.05) is 0 Å². The Morgan fingerprint density at radius 2 is 2.12 bits per heavy atom. The first-order valence-electron chi connectivity index (χ1n) is 5.19. The largest absolute Gasteiger partial charge is 0.389 e. The minimum absolute atomic E-state index is 0.0339. The summed E-state index contributed by atoms with van der Waals surface area (Å²) in [4.78, 5) is 0.271. The number of thiocarbonyl (C=S) groups is 1. The highest BCUT2D eigenvalue weighted by atomic mass is 32.2. The van der Waals surface area contributed by atoms with E-state index in [1.54, 1.807) is 38.2 Å². The lowest BCUT2D eigenvalue weighted by Crippen LogP contribution is -2.27. The first kappa shape index (κ1) is 14.1. The van der Waals surface area contributed by atoms with Crippen molar-refractivity contribution in [3.8, 4) is 0 Å². The average Bonchev–Trinajstić information content (AvgIpc) is 2.27. The summed E-state index contributed by atoms with van der Waals surface area (Å²) in [6, 6.07) is 6.99. The number of hydrogen-bond acceptors (Lipinski definition) is 3. The van der Waals surface area contributed by atoms with Crippen LogP contribution < -0.4 is 5.73 Å². The number of nitrogens with zero attached hydrogens (tertiary/aromatic N) is 1. The van der Waals surface area contributed by atoms with E-state index in [4.69, 9.17) is 18.0 Å². The zero-order valence-corrected chi connectivity index (χ0v) is 11.5. The van der Waals surface area contributed by atoms with Crippen LogP contribution in [-0.4, -0.2) is 31.3 Å². The highest BCUT2D eigenvalue weighted by molar-refractivity contribution is 7.88. The Kier molecular flexibility index (Phi) is 4.62. The van der Waals surface area contributed by atoms with E-state index in [2.05, 4.69) is 0 Å². The van der Waals surface area contributed by atoms with Gasteiger partial charge in [0.25, 0.3) is 0 Å². The molecule has 0 aliphatic rings. The molecule has 4 nitrogen and oxygen atoms in total. The van der Waals surface area contributed by atoms with E-state index >= 15 is 0 Å². The van der Waals surface area contributed by atoms with Crippen molar-refractivity contribution in [2.24, 2.45) is 5.73 Å². The van der Waals surface area contributed by atoms with Crippen LogP contribution >= 0.6 is 12.2 Å². The van der Waals surface area contributed by atoms with Crippen LogP contribution in [0.1, 0.15) is 18.1 Å². The Hall–Kier alpha value is -0.980. The lowest BCUT2D eigenvalue weighted by Gasteiger charge is -2.14. The molecule has 0 saturated heterocycles. The summed E-state index contributed by atoms with van der Waals surface area (Å²) >= 11 is 4.86. The molecule has 0 bridgehead atoms. The number of nitrogens with two attached hydrogens (primary N) is 1. The third kappa shape index (κ3) is 3.76. The van der Waals surface area contributed by atoms with Crippen LogP contribution in [0.25, 0.3) is 0 Å². The maximum absolute atomic E-state index is 11.9. The van der Waals surface area contributed by atoms with Gasteiger partial charge < -0.3 is 5.73 Å². The summed E-state index contributed by atoms with van der Waals surface area (Å²) in [5, 5.41) is 0. The summed E-state index contributed by atoms with van der Waals surface area (Å²) in [6.45, 7) is 2.25. The molecule has 0 saturated carbocycles. The van der Waals surface area contributed by atoms with Crippen molar-refractivity contribution in [2.45, 2.75) is 12.7 Å². The maximum atomic E-state index is 11.9. The molecule has 0 aliphatic heterocycles. The van der Waals surface area contributed by atoms with Gasteiger partial charge in [-0.1, -0.05) is 37.3 Å². The Balaban J connectivity index is 2.96. The van der Waals surface area contributed by atoms with Crippen LogP contribution in [0.2, 0.25) is 0 Å². The summed E-state index contributed by atoms with van der Waals surface area (Å²) in [6.07, 6.45) is 0. The molecule has 94 valence electrons. The second-order valence-electron chi connectivity index (χ2n) is 3.74. The Labute approximate surface area is 107 Å². The fourth-order valence-corrected chi connectivity index (χ4v) is 2.67. The molecule has 1 aromatic carbocycles. The second-order valence-corrected chi connectivity index (χ2v) is 6.25. The van der Waals surface area contributed by atoms with Crippen molar-refractivity contribution in [3.63, 3.8) is 0 Å². The molecule has 0 heterocycles. The zero-order chi connectivity index (χ0) is 13.1. The number of benzene rings is 1. The third-order valence-electron chi connectivity index (χ3n) is 2.48. The van der Waals surface area contributed by atoms with Crippen LogP contribution in [0.3, 0.4) is 0 Å². The van der Waals surface area contributed by atoms with Crippen LogP contribution in [0.4, 0.5) is 0 Å². The molecule has 0 aromatic heterocycles. The van der Waals surface area contributed by atoms with Gasteiger partial charge in [-0.15, -0.1) is 0 Å². The van der Waals surface area contributed by atoms with E-state index in [0.717, 1.165) is 0 Å². The molecule has 0 aliphatic carbocycles. The van der Waals surface area contributed by atoms with Gasteiger partial charge >= 0.3 is 0 Å². The number of hydrogen-bond donors (Lipinski definition) is 1. The first-order valence-corrected chi connectivity index (χ1v) is 7.21. The van der Waals surface area contributed by atoms with Crippen molar-refractivity contribution in [1.82, 2.24) is 4.31 Å². The fraction of sp³-hybridized carbons (Fsp3) is 0.364. The van der Waals surface area contributed by atoms with Gasteiger partial charge in [-0.3, -0.25) is 0 Å². The predicted octanol–water partition coefficient (Wildman–Crippen LogP) is 1.10. The quantitative estimate of drug-likeness (QED) is 0.815. The lowest BCUT2D eigenvalue weighted by atomic mass is 10.1. The minimum atomic E-state index is -3.26. The van der Waals surface area contributed by atoms with Crippen LogP contribution in [0.15, 0.2) is 24.3 Å². The molecule has 0 atom stereocenters. The van der Waals surface area contributed by atoms with Gasteiger partial charge in [0.15, 0.2) is 0 Å². The molecule has 2 N–H and O–H groups in total. The van der Waals surface area contributed by atoms with E-state index in [1.165, 1.54) is 4.31 Å². The SMILES string of the molecule is CCN(C)S(=O)(=O)Cc1cccc(C(N)=S)c1. The molecule has 17 heavy (non-hydrogen) atoms. The van der Waals surface area contributed by atoms with Crippen LogP contribution in [-0.2, 0) is 15.8 Å². The topological polar surface area (TPSA) is 63.4 Å². The summed E-state index contributed by atoms with van der Waals surface area (Å²) in [5.74, 6) is -0.0339. The molecule has 1 aromatic rings. The van der Waals surface area contributed by atoms with Gasteiger partial charge in [0.1, 0.15) is 4.99 Å². The molecule has 0 unspecified atom stereocenters. The van der Waals surface area contributed by atoms with Crippen molar-refractivity contribution >= 4 is 27.2 Å². The van der Waals surface area contributed by atoms with Gasteiger partial charge in [0, 0.05) is 19.2 Å². The fourth-order valence-electron chi connectivity index (χ4n) is 1.33. The minimum Gasteiger partial charge on any atom is -0.389 e. The molecule has 0 fully saturated rings. The molecule has 0 spiro atoms. The monoisotopic (exact) mass is 272 g/mol. The molecule has 0 radical (unpaired) electrons. The number of sulfonamides is 1. The first-order chi connectivity index (χ1) is 7.86. The van der Waals surface area contributed by atoms with Gasteiger partial charge in [-0.2, -0.15) is 0 Å². The summed E-state index contributed by atoms with van der Waals surface area (Å²) < 4.78 is 25.1. The Morgan fingerprint density at radius 3 is 2.65 bits per heavy atom. The smallest absolute Gasteiger partial charge is 0.218 e. The zero-order valence-electron chi connectivity index (χ0n) is 9.88. The van der Waals surface area contributed by atoms with Crippen molar-refractivity contribution in [1.29, 1.82) is 0 Å². The molecular weight excluding hydrogens is 256 g/mol. The molecule has 1 rings (SSSR count). The van der Waals surface area contributed by atoms with E-state index in [-0.39, 0.29) is 10.7 Å². The number of rotatable bonds is 5. The third-order valence-corrected chi connectivity index (χ3v) is 4.62. The standard InChI is InChI=1S/C11H16N2O2S2/c1-3-13(2)17(14,15)8-9-5-4-6-10(7-9)11(12)16/h4-7H,3,8H2,1-2H3,(H2,12,16). The highest BCUT2D eigenvalue weighted by Crippen LogP contribution is 2.11. The predicted molar refractivity (Wildman–Crippen MR) is 73.3 cm³/mol. The van der Waals surface area contributed by atoms with Crippen LogP contribution in [0.5, 0.6) is 0 Å². The lowest BCUT2D eigenvalue weighted by molar-refractivity contribution is 0.485. The summed E-state index contributed by atoms with van der Waals surface area (Å²) in [5.41, 5.74) is 6.88. The van der Waals surface area contributed by atoms with Gasteiger partial charge in [-0.05, 0) is 11.6 Å². The Morgan fingerprint density at radius 1 is 1.47 bits per heavy atom. The van der Waals surface area contributed by atoms with Crippen molar-refractivity contribution in [2.75, 3.05) is 13.6 Å². The van der Waals surface area contributed by atoms with Crippen LogP contribution in [0, 0.1) is 0 Å². The second kappa shape index (κ2) is 5.57. The molecule has 0 amide bonds. The van der Waals surface area contributed by atoms with E-state index in [0.29, 0.717) is 17.7 Å². The molecule has 6 heteroatoms. The maximum Gasteiger partial charge on any atom is 0.218 e.